The molecule has 1 aliphatic rings. The zero-order valence-electron chi connectivity index (χ0n) is 14.4. The fourth-order valence-corrected chi connectivity index (χ4v) is 4.17. The van der Waals surface area contributed by atoms with Gasteiger partial charge in [-0.05, 0) is 51.1 Å². The van der Waals surface area contributed by atoms with Gasteiger partial charge in [0, 0.05) is 17.7 Å². The minimum Gasteiger partial charge on any atom is -0.487 e. The zero-order chi connectivity index (χ0) is 17.5. The number of ether oxygens (including phenoxy) is 1. The number of anilines is 1. The molecule has 0 saturated carbocycles. The lowest BCUT2D eigenvalue weighted by atomic mass is 9.90. The van der Waals surface area contributed by atoms with Crippen LogP contribution in [-0.2, 0) is 10.0 Å². The third-order valence-corrected chi connectivity index (χ3v) is 5.61. The molecule has 1 atom stereocenters. The first kappa shape index (κ1) is 19.6. The highest BCUT2D eigenvalue weighted by molar-refractivity contribution is 7.89. The summed E-state index contributed by atoms with van der Waals surface area (Å²) in [5.41, 5.74) is 7.76. The molecular formula is C18H23ClN2O3S. The third-order valence-electron chi connectivity index (χ3n) is 4.12. The summed E-state index contributed by atoms with van der Waals surface area (Å²) >= 11 is 0. The Morgan fingerprint density at radius 1 is 1.16 bits per heavy atom. The largest absolute Gasteiger partial charge is 0.487 e. The molecular weight excluding hydrogens is 360 g/mol. The van der Waals surface area contributed by atoms with E-state index in [1.54, 1.807) is 42.5 Å². The monoisotopic (exact) mass is 382 g/mol. The molecule has 25 heavy (non-hydrogen) atoms. The van der Waals surface area contributed by atoms with E-state index in [2.05, 4.69) is 4.72 Å². The fourth-order valence-electron chi connectivity index (χ4n) is 2.95. The minimum atomic E-state index is -3.63. The molecule has 0 amide bonds. The van der Waals surface area contributed by atoms with Crippen molar-refractivity contribution in [3.8, 4) is 5.75 Å². The molecule has 0 aromatic heterocycles. The molecule has 7 heteroatoms. The lowest BCUT2D eigenvalue weighted by Crippen LogP contribution is -2.41. The molecule has 2 aromatic rings. The van der Waals surface area contributed by atoms with Crippen molar-refractivity contribution in [1.82, 2.24) is 4.72 Å². The van der Waals surface area contributed by atoms with E-state index in [0.29, 0.717) is 17.9 Å². The van der Waals surface area contributed by atoms with Crippen LogP contribution in [0.2, 0.25) is 0 Å². The molecule has 5 nitrogen and oxygen atoms in total. The Morgan fingerprint density at radius 3 is 2.44 bits per heavy atom. The highest BCUT2D eigenvalue weighted by Crippen LogP contribution is 2.40. The van der Waals surface area contributed by atoms with Crippen LogP contribution in [-0.4, -0.2) is 14.0 Å². The lowest BCUT2D eigenvalue weighted by molar-refractivity contribution is 0.0702. The molecule has 0 radical (unpaired) electrons. The van der Waals surface area contributed by atoms with Crippen molar-refractivity contribution >= 4 is 28.1 Å². The maximum atomic E-state index is 12.7. The molecule has 1 aliphatic heterocycles. The van der Waals surface area contributed by atoms with Gasteiger partial charge in [-0.2, -0.15) is 0 Å². The van der Waals surface area contributed by atoms with Crippen LogP contribution in [0, 0.1) is 6.92 Å². The van der Waals surface area contributed by atoms with Gasteiger partial charge in [-0.1, -0.05) is 17.7 Å². The number of hydrogen-bond donors (Lipinski definition) is 2. The van der Waals surface area contributed by atoms with Crippen molar-refractivity contribution in [2.24, 2.45) is 0 Å². The SMILES string of the molecule is Cc1ccc(S(=O)(=O)NC2CC(C)(C)Oc3ccc(N)cc32)cc1.Cl. The summed E-state index contributed by atoms with van der Waals surface area (Å²) in [6.45, 7) is 5.81. The number of hydrogen-bond acceptors (Lipinski definition) is 4. The number of nitrogen functional groups attached to an aromatic ring is 1. The minimum absolute atomic E-state index is 0. The standard InChI is InChI=1S/C18H22N2O3S.ClH/c1-12-4-7-14(8-5-12)24(21,22)20-16-11-18(2,3)23-17-9-6-13(19)10-15(16)17;/h4-10,16,20H,11,19H2,1-3H3;1H. The smallest absolute Gasteiger partial charge is 0.241 e. The fraction of sp³-hybridized carbons (Fsp3) is 0.333. The van der Waals surface area contributed by atoms with Gasteiger partial charge in [0.25, 0.3) is 0 Å². The molecule has 0 fully saturated rings. The van der Waals surface area contributed by atoms with Crippen molar-refractivity contribution < 1.29 is 13.2 Å². The second-order valence-electron chi connectivity index (χ2n) is 6.85. The van der Waals surface area contributed by atoms with Crippen LogP contribution in [0.5, 0.6) is 5.75 Å². The maximum Gasteiger partial charge on any atom is 0.241 e. The number of aryl methyl sites for hydroxylation is 1. The Kier molecular flexibility index (Phi) is 5.37. The molecule has 2 aromatic carbocycles. The third kappa shape index (κ3) is 4.26. The van der Waals surface area contributed by atoms with Gasteiger partial charge in [0.05, 0.1) is 10.9 Å². The molecule has 0 spiro atoms. The van der Waals surface area contributed by atoms with Gasteiger partial charge < -0.3 is 10.5 Å². The summed E-state index contributed by atoms with van der Waals surface area (Å²) in [5, 5.41) is 0. The van der Waals surface area contributed by atoms with Crippen molar-refractivity contribution in [2.45, 2.75) is 43.7 Å². The molecule has 1 heterocycles. The molecule has 0 bridgehead atoms. The molecule has 1 unspecified atom stereocenters. The van der Waals surface area contributed by atoms with Crippen LogP contribution in [0.15, 0.2) is 47.4 Å². The Bertz CT molecular complexity index is 864. The van der Waals surface area contributed by atoms with Crippen LogP contribution >= 0.6 is 12.4 Å². The second kappa shape index (κ2) is 6.86. The van der Waals surface area contributed by atoms with Gasteiger partial charge in [0.15, 0.2) is 0 Å². The molecule has 3 N–H and O–H groups in total. The summed E-state index contributed by atoms with van der Waals surface area (Å²) < 4.78 is 34.2. The molecule has 3 rings (SSSR count). The highest BCUT2D eigenvalue weighted by Gasteiger charge is 2.36. The first-order chi connectivity index (χ1) is 11.2. The number of nitrogens with two attached hydrogens (primary N) is 1. The molecule has 0 aliphatic carbocycles. The van der Waals surface area contributed by atoms with Crippen molar-refractivity contribution in [3.05, 3.63) is 53.6 Å². The number of nitrogens with one attached hydrogen (secondary N) is 1. The number of rotatable bonds is 3. The van der Waals surface area contributed by atoms with E-state index in [9.17, 15) is 8.42 Å². The van der Waals surface area contributed by atoms with Crippen LogP contribution in [0.25, 0.3) is 0 Å². The Hall–Kier alpha value is -1.76. The summed E-state index contributed by atoms with van der Waals surface area (Å²) in [6, 6.07) is 11.7. The molecule has 0 saturated heterocycles. The average Bonchev–Trinajstić information content (AvgIpc) is 2.47. The first-order valence-electron chi connectivity index (χ1n) is 7.84. The lowest BCUT2D eigenvalue weighted by Gasteiger charge is -2.37. The second-order valence-corrected chi connectivity index (χ2v) is 8.56. The summed E-state index contributed by atoms with van der Waals surface area (Å²) in [5.74, 6) is 0.664. The van der Waals surface area contributed by atoms with Gasteiger partial charge in [0.2, 0.25) is 10.0 Å². The highest BCUT2D eigenvalue weighted by atomic mass is 35.5. The number of sulfonamides is 1. The predicted molar refractivity (Wildman–Crippen MR) is 102 cm³/mol. The van der Waals surface area contributed by atoms with Crippen LogP contribution in [0.3, 0.4) is 0 Å². The summed E-state index contributed by atoms with van der Waals surface area (Å²) in [7, 11) is -3.63. The Morgan fingerprint density at radius 2 is 1.80 bits per heavy atom. The van der Waals surface area contributed by atoms with E-state index < -0.39 is 21.7 Å². The summed E-state index contributed by atoms with van der Waals surface area (Å²) in [4.78, 5) is 0.253. The van der Waals surface area contributed by atoms with E-state index in [0.717, 1.165) is 11.1 Å². The van der Waals surface area contributed by atoms with Crippen molar-refractivity contribution in [2.75, 3.05) is 5.73 Å². The quantitative estimate of drug-likeness (QED) is 0.795. The number of halogens is 1. The maximum absolute atomic E-state index is 12.7. The van der Waals surface area contributed by atoms with E-state index in [-0.39, 0.29) is 17.3 Å². The Labute approximate surface area is 155 Å². The molecule has 136 valence electrons. The number of fused-ring (bicyclic) bond motifs is 1. The number of benzene rings is 2. The topological polar surface area (TPSA) is 81.4 Å². The van der Waals surface area contributed by atoms with Gasteiger partial charge in [-0.25, -0.2) is 13.1 Å². The van der Waals surface area contributed by atoms with Crippen LogP contribution in [0.4, 0.5) is 5.69 Å². The normalized spacial score (nSPS) is 18.6. The predicted octanol–water partition coefficient (Wildman–Crippen LogP) is 3.58. The van der Waals surface area contributed by atoms with E-state index in [1.807, 2.05) is 20.8 Å². The van der Waals surface area contributed by atoms with Crippen molar-refractivity contribution in [3.63, 3.8) is 0 Å². The first-order valence-corrected chi connectivity index (χ1v) is 9.32. The van der Waals surface area contributed by atoms with E-state index in [1.165, 1.54) is 0 Å². The van der Waals surface area contributed by atoms with Crippen molar-refractivity contribution in [1.29, 1.82) is 0 Å². The van der Waals surface area contributed by atoms with Gasteiger partial charge >= 0.3 is 0 Å². The van der Waals surface area contributed by atoms with E-state index >= 15 is 0 Å². The van der Waals surface area contributed by atoms with Crippen LogP contribution in [0.1, 0.15) is 37.4 Å². The average molecular weight is 383 g/mol. The van der Waals surface area contributed by atoms with Gasteiger partial charge in [0.1, 0.15) is 11.4 Å². The van der Waals surface area contributed by atoms with E-state index in [4.69, 9.17) is 10.5 Å². The van der Waals surface area contributed by atoms with Crippen LogP contribution < -0.4 is 15.2 Å². The van der Waals surface area contributed by atoms with Gasteiger partial charge in [-0.3, -0.25) is 0 Å². The van der Waals surface area contributed by atoms with Gasteiger partial charge in [-0.15, -0.1) is 12.4 Å². The zero-order valence-corrected chi connectivity index (χ0v) is 16.1. The summed E-state index contributed by atoms with van der Waals surface area (Å²) in [6.07, 6.45) is 0.522. The Balaban J connectivity index is 0.00000225.